The van der Waals surface area contributed by atoms with E-state index in [0.717, 1.165) is 4.90 Å². The normalized spacial score (nSPS) is 11.9. The van der Waals surface area contributed by atoms with Crippen LogP contribution in [-0.4, -0.2) is 34.3 Å². The number of nitro benzene ring substituents is 1. The zero-order valence-electron chi connectivity index (χ0n) is 9.83. The molecule has 0 aliphatic rings. The van der Waals surface area contributed by atoms with Gasteiger partial charge >= 0.3 is 0 Å². The van der Waals surface area contributed by atoms with E-state index >= 15 is 0 Å². The largest absolute Gasteiger partial charge is 0.395 e. The molecule has 0 aliphatic heterocycles. The molecular formula is C11H14N2O4S. The molecule has 18 heavy (non-hydrogen) atoms. The Labute approximate surface area is 109 Å². The van der Waals surface area contributed by atoms with E-state index in [0.29, 0.717) is 0 Å². The van der Waals surface area contributed by atoms with Crippen molar-refractivity contribution >= 4 is 23.4 Å². The third-order valence-corrected chi connectivity index (χ3v) is 3.25. The molecule has 1 atom stereocenters. The Morgan fingerprint density at radius 2 is 2.11 bits per heavy atom. The van der Waals surface area contributed by atoms with Crippen molar-refractivity contribution in [2.24, 2.45) is 0 Å². The molecule has 0 radical (unpaired) electrons. The molecule has 0 spiro atoms. The molecule has 0 aliphatic carbocycles. The molecule has 0 fully saturated rings. The fraction of sp³-hybridized carbons (Fsp3) is 0.364. The Bertz CT molecular complexity index is 422. The van der Waals surface area contributed by atoms with Crippen LogP contribution in [0.5, 0.6) is 0 Å². The van der Waals surface area contributed by atoms with E-state index in [-0.39, 0.29) is 30.0 Å². The van der Waals surface area contributed by atoms with E-state index < -0.39 is 4.92 Å². The Morgan fingerprint density at radius 3 is 2.61 bits per heavy atom. The number of carbonyl (C=O) groups is 1. The van der Waals surface area contributed by atoms with Gasteiger partial charge in [-0.2, -0.15) is 0 Å². The molecule has 1 amide bonds. The molecule has 1 unspecified atom stereocenters. The first-order valence-electron chi connectivity index (χ1n) is 5.34. The van der Waals surface area contributed by atoms with Crippen LogP contribution in [0.25, 0.3) is 0 Å². The summed E-state index contributed by atoms with van der Waals surface area (Å²) >= 11 is 1.31. The average Bonchev–Trinajstić information content (AvgIpc) is 2.36. The van der Waals surface area contributed by atoms with Crippen LogP contribution in [0.3, 0.4) is 0 Å². The minimum atomic E-state index is -0.466. The van der Waals surface area contributed by atoms with Crippen molar-refractivity contribution in [1.82, 2.24) is 5.32 Å². The summed E-state index contributed by atoms with van der Waals surface area (Å²) in [5.41, 5.74) is 0.0248. The van der Waals surface area contributed by atoms with Crippen molar-refractivity contribution in [3.8, 4) is 0 Å². The van der Waals surface area contributed by atoms with Gasteiger partial charge in [-0.05, 0) is 19.1 Å². The van der Waals surface area contributed by atoms with Crippen LogP contribution in [0.15, 0.2) is 29.2 Å². The van der Waals surface area contributed by atoms with Gasteiger partial charge in [-0.3, -0.25) is 14.9 Å². The van der Waals surface area contributed by atoms with Crippen molar-refractivity contribution in [3.05, 3.63) is 34.4 Å². The number of amides is 1. The zero-order valence-corrected chi connectivity index (χ0v) is 10.6. The van der Waals surface area contributed by atoms with Gasteiger partial charge in [0.15, 0.2) is 0 Å². The average molecular weight is 270 g/mol. The second-order valence-electron chi connectivity index (χ2n) is 3.53. The molecule has 0 bridgehead atoms. The molecule has 6 nitrogen and oxygen atoms in total. The van der Waals surface area contributed by atoms with Crippen LogP contribution in [0, 0.1) is 10.1 Å². The number of nitrogens with zero attached hydrogens (tertiary/aromatic N) is 1. The number of hydrogen-bond acceptors (Lipinski definition) is 5. The van der Waals surface area contributed by atoms with Crippen molar-refractivity contribution < 1.29 is 14.8 Å². The molecule has 0 heterocycles. The SMILES string of the molecule is CC(Sc1ccc([N+](=O)[O-])cc1)C(=O)NCCO. The molecule has 1 aromatic carbocycles. The van der Waals surface area contributed by atoms with Gasteiger partial charge in [0.25, 0.3) is 5.69 Å². The highest BCUT2D eigenvalue weighted by Crippen LogP contribution is 2.25. The predicted octanol–water partition coefficient (Wildman–Crippen LogP) is 1.18. The number of rotatable bonds is 6. The minimum absolute atomic E-state index is 0.0248. The minimum Gasteiger partial charge on any atom is -0.395 e. The lowest BCUT2D eigenvalue weighted by molar-refractivity contribution is -0.384. The smallest absolute Gasteiger partial charge is 0.269 e. The van der Waals surface area contributed by atoms with Crippen LogP contribution in [-0.2, 0) is 4.79 Å². The van der Waals surface area contributed by atoms with Crippen molar-refractivity contribution in [2.45, 2.75) is 17.1 Å². The molecule has 1 aromatic rings. The Hall–Kier alpha value is -1.60. The van der Waals surface area contributed by atoms with E-state index in [1.807, 2.05) is 0 Å². The quantitative estimate of drug-likeness (QED) is 0.460. The number of nitrogens with one attached hydrogen (secondary N) is 1. The zero-order chi connectivity index (χ0) is 13.5. The van der Waals surface area contributed by atoms with Gasteiger partial charge in [-0.25, -0.2) is 0 Å². The second-order valence-corrected chi connectivity index (χ2v) is 4.94. The van der Waals surface area contributed by atoms with E-state index in [2.05, 4.69) is 5.32 Å². The molecule has 0 aromatic heterocycles. The summed E-state index contributed by atoms with van der Waals surface area (Å²) in [5, 5.41) is 21.3. The third-order valence-electron chi connectivity index (χ3n) is 2.14. The van der Waals surface area contributed by atoms with E-state index in [1.54, 1.807) is 19.1 Å². The highest BCUT2D eigenvalue weighted by atomic mass is 32.2. The Kier molecular flexibility index (Phi) is 5.60. The highest BCUT2D eigenvalue weighted by molar-refractivity contribution is 8.00. The first-order valence-corrected chi connectivity index (χ1v) is 6.22. The van der Waals surface area contributed by atoms with Gasteiger partial charge in [-0.15, -0.1) is 11.8 Å². The monoisotopic (exact) mass is 270 g/mol. The number of non-ortho nitro benzene ring substituents is 1. The van der Waals surface area contributed by atoms with Crippen molar-refractivity contribution in [1.29, 1.82) is 0 Å². The molecule has 1 rings (SSSR count). The van der Waals surface area contributed by atoms with Gasteiger partial charge in [0.1, 0.15) is 0 Å². The summed E-state index contributed by atoms with van der Waals surface area (Å²) in [6.45, 7) is 1.86. The number of aliphatic hydroxyl groups excluding tert-OH is 1. The standard InChI is InChI=1S/C11H14N2O4S/c1-8(11(15)12-6-7-14)18-10-4-2-9(3-5-10)13(16)17/h2-5,8,14H,6-7H2,1H3,(H,12,15). The summed E-state index contributed by atoms with van der Waals surface area (Å²) in [5.74, 6) is -0.174. The first-order chi connectivity index (χ1) is 8.54. The Balaban J connectivity index is 2.56. The van der Waals surface area contributed by atoms with E-state index in [1.165, 1.54) is 23.9 Å². The summed E-state index contributed by atoms with van der Waals surface area (Å²) in [7, 11) is 0. The van der Waals surface area contributed by atoms with Gasteiger partial charge in [0.05, 0.1) is 16.8 Å². The number of hydrogen-bond donors (Lipinski definition) is 2. The van der Waals surface area contributed by atoms with E-state index in [4.69, 9.17) is 5.11 Å². The summed E-state index contributed by atoms with van der Waals surface area (Å²) in [4.78, 5) is 22.3. The number of nitro groups is 1. The molecule has 7 heteroatoms. The maximum absolute atomic E-state index is 11.5. The second kappa shape index (κ2) is 6.97. The molecule has 98 valence electrons. The first kappa shape index (κ1) is 14.5. The number of aliphatic hydroxyl groups is 1. The van der Waals surface area contributed by atoms with Crippen LogP contribution in [0.1, 0.15) is 6.92 Å². The van der Waals surface area contributed by atoms with Crippen molar-refractivity contribution in [3.63, 3.8) is 0 Å². The maximum atomic E-state index is 11.5. The lowest BCUT2D eigenvalue weighted by Gasteiger charge is -2.10. The summed E-state index contributed by atoms with van der Waals surface area (Å²) in [6, 6.07) is 6.03. The predicted molar refractivity (Wildman–Crippen MR) is 68.5 cm³/mol. The van der Waals surface area contributed by atoms with Gasteiger partial charge in [0.2, 0.25) is 5.91 Å². The molecule has 2 N–H and O–H groups in total. The number of benzene rings is 1. The molecular weight excluding hydrogens is 256 g/mol. The molecule has 0 saturated carbocycles. The topological polar surface area (TPSA) is 92.5 Å². The van der Waals surface area contributed by atoms with Gasteiger partial charge < -0.3 is 10.4 Å². The fourth-order valence-electron chi connectivity index (χ4n) is 1.23. The summed E-state index contributed by atoms with van der Waals surface area (Å²) < 4.78 is 0. The molecule has 0 saturated heterocycles. The van der Waals surface area contributed by atoms with Crippen molar-refractivity contribution in [2.75, 3.05) is 13.2 Å². The van der Waals surface area contributed by atoms with E-state index in [9.17, 15) is 14.9 Å². The van der Waals surface area contributed by atoms with Crippen LogP contribution in [0.4, 0.5) is 5.69 Å². The van der Waals surface area contributed by atoms with Gasteiger partial charge in [0, 0.05) is 23.6 Å². The Morgan fingerprint density at radius 1 is 1.50 bits per heavy atom. The number of thioether (sulfide) groups is 1. The van der Waals surface area contributed by atoms with Crippen LogP contribution >= 0.6 is 11.8 Å². The van der Waals surface area contributed by atoms with Crippen LogP contribution < -0.4 is 5.32 Å². The maximum Gasteiger partial charge on any atom is 0.269 e. The van der Waals surface area contributed by atoms with Gasteiger partial charge in [-0.1, -0.05) is 0 Å². The van der Waals surface area contributed by atoms with Crippen LogP contribution in [0.2, 0.25) is 0 Å². The fourth-order valence-corrected chi connectivity index (χ4v) is 2.12. The third kappa shape index (κ3) is 4.34. The highest BCUT2D eigenvalue weighted by Gasteiger charge is 2.14. The lowest BCUT2D eigenvalue weighted by Crippen LogP contribution is -2.32. The lowest BCUT2D eigenvalue weighted by atomic mass is 10.3. The summed E-state index contributed by atoms with van der Waals surface area (Å²) in [6.07, 6.45) is 0. The number of carbonyl (C=O) groups excluding carboxylic acids is 1.